The van der Waals surface area contributed by atoms with E-state index in [4.69, 9.17) is 4.74 Å². The third-order valence-corrected chi connectivity index (χ3v) is 5.10. The van der Waals surface area contributed by atoms with Gasteiger partial charge in [0.15, 0.2) is 0 Å². The lowest BCUT2D eigenvalue weighted by Gasteiger charge is -2.35. The Morgan fingerprint density at radius 3 is 2.37 bits per heavy atom. The van der Waals surface area contributed by atoms with E-state index in [1.165, 1.54) is 37.0 Å². The van der Waals surface area contributed by atoms with Gasteiger partial charge in [0.05, 0.1) is 19.6 Å². The lowest BCUT2D eigenvalue weighted by Crippen LogP contribution is -2.41. The van der Waals surface area contributed by atoms with Crippen molar-refractivity contribution in [3.63, 3.8) is 0 Å². The standard InChI is InChI=1S/C22H27FN2O2/c1-27-20-11-7-18(8-12-20)21(25-13-3-2-4-14-25)16-24-22(26)15-17-5-9-19(23)10-6-17/h5-12,21H,2-4,13-16H2,1H3,(H,24,26). The first-order valence-electron chi connectivity index (χ1n) is 9.55. The quantitative estimate of drug-likeness (QED) is 0.808. The van der Waals surface area contributed by atoms with Crippen molar-refractivity contribution in [1.82, 2.24) is 10.2 Å². The molecule has 144 valence electrons. The highest BCUT2D eigenvalue weighted by molar-refractivity contribution is 5.78. The summed E-state index contributed by atoms with van der Waals surface area (Å²) in [6, 6.07) is 14.3. The minimum atomic E-state index is -0.288. The van der Waals surface area contributed by atoms with E-state index in [1.54, 1.807) is 19.2 Å². The van der Waals surface area contributed by atoms with Crippen molar-refractivity contribution in [2.75, 3.05) is 26.7 Å². The molecular weight excluding hydrogens is 343 g/mol. The van der Waals surface area contributed by atoms with Crippen molar-refractivity contribution in [1.29, 1.82) is 0 Å². The molecule has 1 fully saturated rings. The first-order valence-corrected chi connectivity index (χ1v) is 9.55. The number of amides is 1. The average Bonchev–Trinajstić information content (AvgIpc) is 2.71. The van der Waals surface area contributed by atoms with Gasteiger partial charge in [-0.1, -0.05) is 30.7 Å². The zero-order chi connectivity index (χ0) is 19.1. The predicted octanol–water partition coefficient (Wildman–Crippen LogP) is 3.72. The number of halogens is 1. The summed E-state index contributed by atoms with van der Waals surface area (Å²) in [5.74, 6) is 0.498. The van der Waals surface area contributed by atoms with Crippen LogP contribution in [-0.4, -0.2) is 37.6 Å². The first-order chi connectivity index (χ1) is 13.2. The number of benzene rings is 2. The second kappa shape index (κ2) is 9.51. The highest BCUT2D eigenvalue weighted by Crippen LogP contribution is 2.25. The van der Waals surface area contributed by atoms with E-state index in [9.17, 15) is 9.18 Å². The molecular formula is C22H27FN2O2. The molecule has 0 aliphatic carbocycles. The van der Waals surface area contributed by atoms with Gasteiger partial charge in [-0.15, -0.1) is 0 Å². The van der Waals surface area contributed by atoms with Gasteiger partial charge in [-0.25, -0.2) is 4.39 Å². The van der Waals surface area contributed by atoms with Crippen molar-refractivity contribution >= 4 is 5.91 Å². The summed E-state index contributed by atoms with van der Waals surface area (Å²) in [6.45, 7) is 2.65. The van der Waals surface area contributed by atoms with E-state index < -0.39 is 0 Å². The summed E-state index contributed by atoms with van der Waals surface area (Å²) < 4.78 is 18.3. The van der Waals surface area contributed by atoms with Crippen LogP contribution in [0.2, 0.25) is 0 Å². The molecule has 5 heteroatoms. The van der Waals surface area contributed by atoms with Crippen molar-refractivity contribution in [2.24, 2.45) is 0 Å². The Bertz CT molecular complexity index is 725. The minimum Gasteiger partial charge on any atom is -0.497 e. The number of carbonyl (C=O) groups excluding carboxylic acids is 1. The molecule has 2 aromatic carbocycles. The van der Waals surface area contributed by atoms with Crippen molar-refractivity contribution in [3.8, 4) is 5.75 Å². The predicted molar refractivity (Wildman–Crippen MR) is 104 cm³/mol. The fourth-order valence-electron chi connectivity index (χ4n) is 3.57. The van der Waals surface area contributed by atoms with Crippen molar-refractivity contribution in [2.45, 2.75) is 31.7 Å². The van der Waals surface area contributed by atoms with Gasteiger partial charge in [0.1, 0.15) is 11.6 Å². The number of hydrogen-bond donors (Lipinski definition) is 1. The molecule has 1 aliphatic heterocycles. The fourth-order valence-corrected chi connectivity index (χ4v) is 3.57. The van der Waals surface area contributed by atoms with Crippen LogP contribution in [0.4, 0.5) is 4.39 Å². The van der Waals surface area contributed by atoms with Crippen LogP contribution in [0.15, 0.2) is 48.5 Å². The SMILES string of the molecule is COc1ccc(C(CNC(=O)Cc2ccc(F)cc2)N2CCCCC2)cc1. The Kier molecular flexibility index (Phi) is 6.82. The normalized spacial score (nSPS) is 15.9. The average molecular weight is 370 g/mol. The maximum Gasteiger partial charge on any atom is 0.224 e. The smallest absolute Gasteiger partial charge is 0.224 e. The molecule has 0 saturated carbocycles. The van der Waals surface area contributed by atoms with Crippen LogP contribution >= 0.6 is 0 Å². The minimum absolute atomic E-state index is 0.0443. The number of rotatable bonds is 7. The molecule has 0 bridgehead atoms. The number of ether oxygens (including phenoxy) is 1. The summed E-state index contributed by atoms with van der Waals surface area (Å²) in [7, 11) is 1.66. The first kappa shape index (κ1) is 19.4. The lowest BCUT2D eigenvalue weighted by atomic mass is 10.0. The van der Waals surface area contributed by atoms with E-state index in [2.05, 4.69) is 22.3 Å². The Morgan fingerprint density at radius 1 is 1.07 bits per heavy atom. The van der Waals surface area contributed by atoms with Crippen molar-refractivity contribution < 1.29 is 13.9 Å². The molecule has 0 spiro atoms. The van der Waals surface area contributed by atoms with Gasteiger partial charge in [-0.05, 0) is 61.3 Å². The number of methoxy groups -OCH3 is 1. The zero-order valence-corrected chi connectivity index (χ0v) is 15.8. The van der Waals surface area contributed by atoms with Gasteiger partial charge in [-0.2, -0.15) is 0 Å². The van der Waals surface area contributed by atoms with Crippen LogP contribution in [0.25, 0.3) is 0 Å². The molecule has 0 aromatic heterocycles. The van der Waals surface area contributed by atoms with Gasteiger partial charge < -0.3 is 10.1 Å². The van der Waals surface area contributed by atoms with Crippen molar-refractivity contribution in [3.05, 3.63) is 65.5 Å². The van der Waals surface area contributed by atoms with Crippen LogP contribution < -0.4 is 10.1 Å². The zero-order valence-electron chi connectivity index (χ0n) is 15.8. The van der Waals surface area contributed by atoms with E-state index in [-0.39, 0.29) is 24.2 Å². The molecule has 3 rings (SSSR count). The molecule has 1 N–H and O–H groups in total. The second-order valence-electron chi connectivity index (χ2n) is 6.99. The molecule has 1 heterocycles. The molecule has 1 atom stereocenters. The Balaban J connectivity index is 1.64. The van der Waals surface area contributed by atoms with Gasteiger partial charge in [0.2, 0.25) is 5.91 Å². The highest BCUT2D eigenvalue weighted by Gasteiger charge is 2.23. The molecule has 1 saturated heterocycles. The number of nitrogens with one attached hydrogen (secondary N) is 1. The van der Waals surface area contributed by atoms with Gasteiger partial charge in [0.25, 0.3) is 0 Å². The van der Waals surface area contributed by atoms with Crippen LogP contribution in [0.3, 0.4) is 0 Å². The molecule has 1 aliphatic rings. The van der Waals surface area contributed by atoms with Gasteiger partial charge >= 0.3 is 0 Å². The molecule has 27 heavy (non-hydrogen) atoms. The summed E-state index contributed by atoms with van der Waals surface area (Å²) in [5, 5.41) is 3.06. The summed E-state index contributed by atoms with van der Waals surface area (Å²) in [6.07, 6.45) is 3.91. The molecule has 1 amide bonds. The van der Waals surface area contributed by atoms with E-state index in [1.807, 2.05) is 12.1 Å². The van der Waals surface area contributed by atoms with Crippen LogP contribution in [0.1, 0.15) is 36.4 Å². The fraction of sp³-hybridized carbons (Fsp3) is 0.409. The topological polar surface area (TPSA) is 41.6 Å². The largest absolute Gasteiger partial charge is 0.497 e. The number of piperidine rings is 1. The Hall–Kier alpha value is -2.40. The van der Waals surface area contributed by atoms with Gasteiger partial charge in [0, 0.05) is 6.54 Å². The lowest BCUT2D eigenvalue weighted by molar-refractivity contribution is -0.120. The molecule has 2 aromatic rings. The Labute approximate surface area is 160 Å². The van der Waals surface area contributed by atoms with Crippen LogP contribution in [0.5, 0.6) is 5.75 Å². The van der Waals surface area contributed by atoms with Crippen LogP contribution in [-0.2, 0) is 11.2 Å². The number of likely N-dealkylation sites (tertiary alicyclic amines) is 1. The van der Waals surface area contributed by atoms with E-state index >= 15 is 0 Å². The summed E-state index contributed by atoms with van der Waals surface area (Å²) in [4.78, 5) is 14.8. The maximum atomic E-state index is 13.0. The second-order valence-corrected chi connectivity index (χ2v) is 6.99. The molecule has 1 unspecified atom stereocenters. The van der Waals surface area contributed by atoms with Crippen LogP contribution in [0, 0.1) is 5.82 Å². The number of nitrogens with zero attached hydrogens (tertiary/aromatic N) is 1. The maximum absolute atomic E-state index is 13.0. The summed E-state index contributed by atoms with van der Waals surface area (Å²) in [5.41, 5.74) is 1.99. The Morgan fingerprint density at radius 2 is 1.74 bits per heavy atom. The van der Waals surface area contributed by atoms with E-state index in [0.717, 1.165) is 24.4 Å². The number of hydrogen-bond acceptors (Lipinski definition) is 3. The molecule has 0 radical (unpaired) electrons. The summed E-state index contributed by atoms with van der Waals surface area (Å²) >= 11 is 0. The third-order valence-electron chi connectivity index (χ3n) is 5.10. The molecule has 4 nitrogen and oxygen atoms in total. The highest BCUT2D eigenvalue weighted by atomic mass is 19.1. The monoisotopic (exact) mass is 370 g/mol. The third kappa shape index (κ3) is 5.54. The van der Waals surface area contributed by atoms with Gasteiger partial charge in [-0.3, -0.25) is 9.69 Å². The van der Waals surface area contributed by atoms with E-state index in [0.29, 0.717) is 6.54 Å². The number of carbonyl (C=O) groups is 1.